The molecule has 1 aromatic heterocycles. The number of furan rings is 1. The van der Waals surface area contributed by atoms with Crippen LogP contribution in [-0.4, -0.2) is 24.0 Å². The van der Waals surface area contributed by atoms with Gasteiger partial charge in [-0.15, -0.1) is 0 Å². The molecular weight excluding hydrogens is 260 g/mol. The first-order valence-electron chi connectivity index (χ1n) is 8.74. The lowest BCUT2D eigenvalue weighted by Crippen LogP contribution is -2.24. The van der Waals surface area contributed by atoms with Gasteiger partial charge in [0, 0.05) is 6.04 Å². The van der Waals surface area contributed by atoms with E-state index in [-0.39, 0.29) is 0 Å². The number of nitrogens with one attached hydrogen (secondary N) is 1. The van der Waals surface area contributed by atoms with Gasteiger partial charge < -0.3 is 9.73 Å². The summed E-state index contributed by atoms with van der Waals surface area (Å²) in [4.78, 5) is 2.57. The predicted molar refractivity (Wildman–Crippen MR) is 86.0 cm³/mol. The first kappa shape index (κ1) is 15.1. The van der Waals surface area contributed by atoms with Crippen LogP contribution in [0.4, 0.5) is 0 Å². The Morgan fingerprint density at radius 2 is 1.95 bits per heavy atom. The summed E-state index contributed by atoms with van der Waals surface area (Å²) in [5, 5.41) is 3.51. The molecule has 2 fully saturated rings. The highest BCUT2D eigenvalue weighted by molar-refractivity contribution is 5.07. The largest absolute Gasteiger partial charge is 0.463 e. The number of nitrogens with zero attached hydrogens (tertiary/aromatic N) is 1. The normalized spacial score (nSPS) is 24.4. The second kappa shape index (κ2) is 6.97. The Morgan fingerprint density at radius 1 is 1.14 bits per heavy atom. The zero-order valence-corrected chi connectivity index (χ0v) is 13.6. The molecule has 0 spiro atoms. The van der Waals surface area contributed by atoms with E-state index in [2.05, 4.69) is 36.2 Å². The summed E-state index contributed by atoms with van der Waals surface area (Å²) >= 11 is 0. The van der Waals surface area contributed by atoms with E-state index in [0.717, 1.165) is 42.5 Å². The van der Waals surface area contributed by atoms with Crippen LogP contribution in [0.3, 0.4) is 0 Å². The highest BCUT2D eigenvalue weighted by atomic mass is 16.3. The van der Waals surface area contributed by atoms with Crippen molar-refractivity contribution < 1.29 is 4.42 Å². The third-order valence-corrected chi connectivity index (χ3v) is 5.05. The van der Waals surface area contributed by atoms with Crippen LogP contribution in [0.5, 0.6) is 0 Å². The fraction of sp³-hybridized carbons (Fsp3) is 0.778. The summed E-state index contributed by atoms with van der Waals surface area (Å²) in [5.74, 6) is 3.95. The van der Waals surface area contributed by atoms with Crippen molar-refractivity contribution >= 4 is 0 Å². The number of likely N-dealkylation sites (tertiary alicyclic amines) is 1. The van der Waals surface area contributed by atoms with Gasteiger partial charge in [-0.1, -0.05) is 13.8 Å². The fourth-order valence-corrected chi connectivity index (χ4v) is 3.36. The average molecular weight is 290 g/mol. The van der Waals surface area contributed by atoms with E-state index < -0.39 is 0 Å². The highest BCUT2D eigenvalue weighted by Gasteiger charge is 2.21. The highest BCUT2D eigenvalue weighted by Crippen LogP contribution is 2.25. The van der Waals surface area contributed by atoms with Gasteiger partial charge in [0.1, 0.15) is 11.5 Å². The molecule has 21 heavy (non-hydrogen) atoms. The predicted octanol–water partition coefficient (Wildman–Crippen LogP) is 3.79. The third-order valence-electron chi connectivity index (χ3n) is 5.05. The van der Waals surface area contributed by atoms with E-state index in [9.17, 15) is 0 Å². The zero-order chi connectivity index (χ0) is 14.7. The van der Waals surface area contributed by atoms with Gasteiger partial charge in [0.15, 0.2) is 0 Å². The minimum absolute atomic E-state index is 0.747. The van der Waals surface area contributed by atoms with E-state index in [1.807, 2.05) is 0 Å². The van der Waals surface area contributed by atoms with Crippen LogP contribution < -0.4 is 5.32 Å². The number of hydrogen-bond donors (Lipinski definition) is 1. The molecule has 3 heteroatoms. The molecule has 1 N–H and O–H groups in total. The van der Waals surface area contributed by atoms with Crippen molar-refractivity contribution in [2.45, 2.75) is 65.1 Å². The Hall–Kier alpha value is -0.800. The summed E-state index contributed by atoms with van der Waals surface area (Å²) < 4.78 is 5.98. The number of hydrogen-bond acceptors (Lipinski definition) is 3. The Morgan fingerprint density at radius 3 is 2.71 bits per heavy atom. The van der Waals surface area contributed by atoms with Gasteiger partial charge in [0.05, 0.1) is 13.1 Å². The first-order chi connectivity index (χ1) is 10.2. The summed E-state index contributed by atoms with van der Waals surface area (Å²) in [6.45, 7) is 9.05. The molecule has 1 aliphatic heterocycles. The summed E-state index contributed by atoms with van der Waals surface area (Å²) in [6.07, 6.45) is 6.73. The quantitative estimate of drug-likeness (QED) is 0.864. The van der Waals surface area contributed by atoms with Crippen molar-refractivity contribution in [2.24, 2.45) is 11.8 Å². The van der Waals surface area contributed by atoms with Crippen LogP contribution in [0.2, 0.25) is 0 Å². The molecule has 1 unspecified atom stereocenters. The summed E-state index contributed by atoms with van der Waals surface area (Å²) in [5.41, 5.74) is 0. The Labute approximate surface area is 129 Å². The molecule has 1 atom stereocenters. The maximum absolute atomic E-state index is 5.98. The topological polar surface area (TPSA) is 28.4 Å². The molecule has 3 rings (SSSR count). The van der Waals surface area contributed by atoms with Gasteiger partial charge in [-0.3, -0.25) is 4.90 Å². The molecule has 1 aliphatic carbocycles. The van der Waals surface area contributed by atoms with Gasteiger partial charge in [0.25, 0.3) is 0 Å². The summed E-state index contributed by atoms with van der Waals surface area (Å²) in [6, 6.07) is 5.05. The Bertz CT molecular complexity index is 436. The molecule has 0 amide bonds. The lowest BCUT2D eigenvalue weighted by molar-refractivity contribution is 0.242. The van der Waals surface area contributed by atoms with Crippen molar-refractivity contribution in [2.75, 3.05) is 13.1 Å². The van der Waals surface area contributed by atoms with Gasteiger partial charge in [-0.25, -0.2) is 0 Å². The minimum Gasteiger partial charge on any atom is -0.463 e. The molecule has 3 nitrogen and oxygen atoms in total. The van der Waals surface area contributed by atoms with Gasteiger partial charge >= 0.3 is 0 Å². The van der Waals surface area contributed by atoms with Crippen molar-refractivity contribution in [3.63, 3.8) is 0 Å². The standard InChI is InChI=1S/C18H30N2O/c1-14(2)15-4-3-10-20(11-9-15)13-18-8-7-17(21-18)12-19-16-5-6-16/h7-8,14-16,19H,3-6,9-13H2,1-2H3. The van der Waals surface area contributed by atoms with E-state index in [1.165, 1.54) is 45.2 Å². The first-order valence-corrected chi connectivity index (χ1v) is 8.74. The SMILES string of the molecule is CC(C)C1CCCN(Cc2ccc(CNC3CC3)o2)CC1. The third kappa shape index (κ3) is 4.58. The van der Waals surface area contributed by atoms with Crippen molar-refractivity contribution in [3.05, 3.63) is 23.7 Å². The van der Waals surface area contributed by atoms with Crippen molar-refractivity contribution in [1.82, 2.24) is 10.2 Å². The molecule has 0 aromatic carbocycles. The molecule has 1 saturated carbocycles. The van der Waals surface area contributed by atoms with Crippen LogP contribution in [0.1, 0.15) is 57.5 Å². The molecule has 1 saturated heterocycles. The lowest BCUT2D eigenvalue weighted by atomic mass is 9.89. The molecular formula is C18H30N2O. The molecule has 0 bridgehead atoms. The van der Waals surface area contributed by atoms with Crippen molar-refractivity contribution in [3.8, 4) is 0 Å². The second-order valence-electron chi connectivity index (χ2n) is 7.23. The monoisotopic (exact) mass is 290 g/mol. The van der Waals surface area contributed by atoms with Gasteiger partial charge in [-0.2, -0.15) is 0 Å². The van der Waals surface area contributed by atoms with Crippen LogP contribution in [-0.2, 0) is 13.1 Å². The molecule has 118 valence electrons. The van der Waals surface area contributed by atoms with E-state index in [4.69, 9.17) is 4.42 Å². The molecule has 0 radical (unpaired) electrons. The van der Waals surface area contributed by atoms with Crippen LogP contribution in [0, 0.1) is 11.8 Å². The fourth-order valence-electron chi connectivity index (χ4n) is 3.36. The lowest BCUT2D eigenvalue weighted by Gasteiger charge is -2.20. The maximum atomic E-state index is 5.98. The minimum atomic E-state index is 0.747. The molecule has 1 aromatic rings. The molecule has 2 heterocycles. The van der Waals surface area contributed by atoms with E-state index in [1.54, 1.807) is 0 Å². The zero-order valence-electron chi connectivity index (χ0n) is 13.6. The average Bonchev–Trinajstić information content (AvgIpc) is 3.22. The molecule has 2 aliphatic rings. The van der Waals surface area contributed by atoms with Crippen molar-refractivity contribution in [1.29, 1.82) is 0 Å². The van der Waals surface area contributed by atoms with Gasteiger partial charge in [0.2, 0.25) is 0 Å². The summed E-state index contributed by atoms with van der Waals surface area (Å²) in [7, 11) is 0. The van der Waals surface area contributed by atoms with E-state index >= 15 is 0 Å². The van der Waals surface area contributed by atoms with Crippen LogP contribution in [0.15, 0.2) is 16.5 Å². The smallest absolute Gasteiger partial charge is 0.118 e. The van der Waals surface area contributed by atoms with Gasteiger partial charge in [-0.05, 0) is 69.2 Å². The number of rotatable bonds is 6. The Kier molecular flexibility index (Phi) is 5.02. The van der Waals surface area contributed by atoms with Crippen LogP contribution >= 0.6 is 0 Å². The van der Waals surface area contributed by atoms with Crippen LogP contribution in [0.25, 0.3) is 0 Å². The second-order valence-corrected chi connectivity index (χ2v) is 7.23. The van der Waals surface area contributed by atoms with E-state index in [0.29, 0.717) is 0 Å². The Balaban J connectivity index is 1.46. The maximum Gasteiger partial charge on any atom is 0.118 e.